The van der Waals surface area contributed by atoms with Crippen molar-refractivity contribution in [1.29, 1.82) is 0 Å². The summed E-state index contributed by atoms with van der Waals surface area (Å²) in [5.41, 5.74) is 0.290. The van der Waals surface area contributed by atoms with Gasteiger partial charge >= 0.3 is 12.2 Å². The number of pyridine rings is 3. The fourth-order valence-electron chi connectivity index (χ4n) is 3.99. The number of halogens is 4. The van der Waals surface area contributed by atoms with Crippen LogP contribution in [0.25, 0.3) is 11.3 Å². The number of hydrogen-bond acceptors (Lipinski definition) is 5. The van der Waals surface area contributed by atoms with Crippen molar-refractivity contribution < 1.29 is 22.4 Å². The smallest absolute Gasteiger partial charge is 0.366 e. The number of aromatic nitrogens is 3. The molecule has 32 heavy (non-hydrogen) atoms. The lowest BCUT2D eigenvalue weighted by molar-refractivity contribution is -0.137. The number of carbonyl (C=O) groups is 1. The molecule has 3 aromatic heterocycles. The lowest BCUT2D eigenvalue weighted by atomic mass is 10.1. The minimum atomic E-state index is -4.53. The minimum absolute atomic E-state index is 0.162. The van der Waals surface area contributed by atoms with Gasteiger partial charge in [-0.25, -0.2) is 19.2 Å². The molecule has 0 unspecified atom stereocenters. The van der Waals surface area contributed by atoms with E-state index in [-0.39, 0.29) is 23.1 Å². The number of alkyl halides is 3. The third-order valence-electron chi connectivity index (χ3n) is 5.49. The average molecular weight is 444 g/mol. The third-order valence-corrected chi connectivity index (χ3v) is 5.49. The van der Waals surface area contributed by atoms with E-state index in [9.17, 15) is 22.4 Å². The second-order valence-corrected chi connectivity index (χ2v) is 7.55. The summed E-state index contributed by atoms with van der Waals surface area (Å²) in [5.74, 6) is -0.0105. The maximum atomic E-state index is 13.1. The Hall–Kier alpha value is -3.76. The number of nitrogens with one attached hydrogen (secondary N) is 1. The molecule has 1 N–H and O–H groups in total. The maximum absolute atomic E-state index is 13.1. The average Bonchev–Trinajstić information content (AvgIpc) is 3.19. The number of anilines is 3. The summed E-state index contributed by atoms with van der Waals surface area (Å²) in [7, 11) is 0. The molecule has 0 aliphatic carbocycles. The Kier molecular flexibility index (Phi) is 4.68. The molecule has 2 bridgehead atoms. The highest BCUT2D eigenvalue weighted by Gasteiger charge is 2.40. The largest absolute Gasteiger partial charge is 0.417 e. The molecule has 5 heterocycles. The van der Waals surface area contributed by atoms with Crippen molar-refractivity contribution >= 4 is 23.4 Å². The third kappa shape index (κ3) is 3.59. The van der Waals surface area contributed by atoms with Crippen LogP contribution in [-0.4, -0.2) is 40.1 Å². The normalized spacial score (nSPS) is 17.3. The van der Waals surface area contributed by atoms with Gasteiger partial charge in [0.2, 0.25) is 0 Å². The topological polar surface area (TPSA) is 74.2 Å². The Labute approximate surface area is 179 Å². The summed E-state index contributed by atoms with van der Waals surface area (Å²) in [4.78, 5) is 28.8. The van der Waals surface area contributed by atoms with E-state index >= 15 is 0 Å². The summed E-state index contributed by atoms with van der Waals surface area (Å²) in [6.07, 6.45) is -0.775. The van der Waals surface area contributed by atoms with Crippen LogP contribution >= 0.6 is 0 Å². The first-order valence-corrected chi connectivity index (χ1v) is 9.80. The number of urea groups is 1. The molecule has 2 aliphatic heterocycles. The predicted octanol–water partition coefficient (Wildman–Crippen LogP) is 4.33. The molecular weight excluding hydrogens is 428 g/mol. The Bertz CT molecular complexity index is 1180. The highest BCUT2D eigenvalue weighted by Crippen LogP contribution is 2.40. The van der Waals surface area contributed by atoms with Gasteiger partial charge in [0.15, 0.2) is 5.82 Å². The quantitative estimate of drug-likeness (QED) is 0.596. The van der Waals surface area contributed by atoms with E-state index in [0.29, 0.717) is 24.5 Å². The zero-order chi connectivity index (χ0) is 22.5. The van der Waals surface area contributed by atoms with Crippen molar-refractivity contribution in [3.63, 3.8) is 0 Å². The number of hydrogen-bond donors (Lipinski definition) is 1. The fraction of sp³-hybridized carbons (Fsp3) is 0.238. The highest BCUT2D eigenvalue weighted by molar-refractivity contribution is 6.04. The maximum Gasteiger partial charge on any atom is 0.417 e. The highest BCUT2D eigenvalue weighted by atomic mass is 19.4. The lowest BCUT2D eigenvalue weighted by Gasteiger charge is -2.35. The van der Waals surface area contributed by atoms with Crippen LogP contribution in [0.3, 0.4) is 0 Å². The summed E-state index contributed by atoms with van der Waals surface area (Å²) in [5, 5.41) is 2.64. The summed E-state index contributed by atoms with van der Waals surface area (Å²) in [6, 6.07) is 6.21. The van der Waals surface area contributed by atoms with Gasteiger partial charge < -0.3 is 4.90 Å². The van der Waals surface area contributed by atoms with Crippen molar-refractivity contribution in [1.82, 2.24) is 15.0 Å². The van der Waals surface area contributed by atoms with Crippen molar-refractivity contribution in [3.8, 4) is 11.3 Å². The van der Waals surface area contributed by atoms with Crippen LogP contribution in [0, 0.1) is 5.82 Å². The molecule has 3 aromatic rings. The van der Waals surface area contributed by atoms with E-state index < -0.39 is 23.6 Å². The first-order valence-electron chi connectivity index (χ1n) is 9.80. The van der Waals surface area contributed by atoms with Gasteiger partial charge in [-0.15, -0.1) is 0 Å². The van der Waals surface area contributed by atoms with Crippen LogP contribution in [0.2, 0.25) is 0 Å². The van der Waals surface area contributed by atoms with E-state index in [1.807, 2.05) is 0 Å². The van der Waals surface area contributed by atoms with E-state index in [1.165, 1.54) is 23.2 Å². The zero-order valence-electron chi connectivity index (χ0n) is 16.5. The molecule has 1 fully saturated rings. The summed E-state index contributed by atoms with van der Waals surface area (Å²) in [6.45, 7) is 1.34. The van der Waals surface area contributed by atoms with Crippen LogP contribution in [0.5, 0.6) is 0 Å². The van der Waals surface area contributed by atoms with Gasteiger partial charge in [-0.3, -0.25) is 15.2 Å². The first-order chi connectivity index (χ1) is 15.3. The number of rotatable bonds is 2. The van der Waals surface area contributed by atoms with Gasteiger partial charge in [-0.05, 0) is 36.8 Å². The lowest BCUT2D eigenvalue weighted by Crippen LogP contribution is -2.48. The van der Waals surface area contributed by atoms with Gasteiger partial charge in [0, 0.05) is 31.0 Å². The van der Waals surface area contributed by atoms with Gasteiger partial charge in [-0.1, -0.05) is 0 Å². The molecule has 1 saturated heterocycles. The van der Waals surface area contributed by atoms with E-state index in [2.05, 4.69) is 25.2 Å². The first kappa shape index (κ1) is 20.2. The molecule has 7 nitrogen and oxygen atoms in total. The molecule has 0 aromatic carbocycles. The standard InChI is InChI=1S/C21H16F4N6O/c22-14-1-4-18(27-10-14)29-20(32)31-15-5-6-30(11-15)17-3-2-16(28-19(17)31)12-7-13(9-26-8-12)21(23,24)25/h1-4,7-10,15H,5-6,11H2,(H,27,29,32)/t15-/m0/s1. The number of amides is 2. The molecule has 0 saturated carbocycles. The SMILES string of the molecule is O=C(Nc1ccc(F)cn1)N1c2nc(-c3cncc(C(F)(F)F)c3)ccc2N2CC[C@H]1C2. The molecule has 2 aliphatic rings. The van der Waals surface area contributed by atoms with Crippen LogP contribution in [-0.2, 0) is 6.18 Å². The molecule has 11 heteroatoms. The second-order valence-electron chi connectivity index (χ2n) is 7.55. The predicted molar refractivity (Wildman–Crippen MR) is 109 cm³/mol. The van der Waals surface area contributed by atoms with Crippen molar-refractivity contribution in [2.45, 2.75) is 18.6 Å². The van der Waals surface area contributed by atoms with Crippen LogP contribution in [0.4, 0.5) is 39.7 Å². The van der Waals surface area contributed by atoms with Gasteiger partial charge in [0.05, 0.1) is 29.2 Å². The fourth-order valence-corrected chi connectivity index (χ4v) is 3.99. The number of carbonyl (C=O) groups excluding carboxylic acids is 1. The summed E-state index contributed by atoms with van der Waals surface area (Å²) < 4.78 is 52.5. The zero-order valence-corrected chi connectivity index (χ0v) is 16.5. The Morgan fingerprint density at radius 2 is 1.97 bits per heavy atom. The molecule has 0 spiro atoms. The van der Waals surface area contributed by atoms with Gasteiger partial charge in [-0.2, -0.15) is 13.2 Å². The molecular formula is C21H16F4N6O. The number of nitrogens with zero attached hydrogens (tertiary/aromatic N) is 5. The van der Waals surface area contributed by atoms with Crippen molar-refractivity contribution in [2.75, 3.05) is 28.2 Å². The van der Waals surface area contributed by atoms with Crippen molar-refractivity contribution in [2.24, 2.45) is 0 Å². The van der Waals surface area contributed by atoms with E-state index in [1.54, 1.807) is 12.1 Å². The van der Waals surface area contributed by atoms with Gasteiger partial charge in [0.1, 0.15) is 11.6 Å². The van der Waals surface area contributed by atoms with Crippen LogP contribution < -0.4 is 15.1 Å². The van der Waals surface area contributed by atoms with Gasteiger partial charge in [0.25, 0.3) is 0 Å². The molecule has 164 valence electrons. The van der Waals surface area contributed by atoms with E-state index in [0.717, 1.165) is 25.0 Å². The molecule has 1 atom stereocenters. The minimum Gasteiger partial charge on any atom is -0.366 e. The number of fused-ring (bicyclic) bond motifs is 4. The summed E-state index contributed by atoms with van der Waals surface area (Å²) >= 11 is 0. The Morgan fingerprint density at radius 3 is 2.72 bits per heavy atom. The molecule has 2 amide bonds. The van der Waals surface area contributed by atoms with E-state index in [4.69, 9.17) is 0 Å². The second kappa shape index (κ2) is 7.43. The molecule has 0 radical (unpaired) electrons. The van der Waals surface area contributed by atoms with Crippen LogP contribution in [0.1, 0.15) is 12.0 Å². The molecule has 5 rings (SSSR count). The Morgan fingerprint density at radius 1 is 1.12 bits per heavy atom. The van der Waals surface area contributed by atoms with Crippen molar-refractivity contribution in [3.05, 3.63) is 60.3 Å². The Balaban J connectivity index is 1.52. The van der Waals surface area contributed by atoms with Crippen LogP contribution in [0.15, 0.2) is 48.9 Å². The monoisotopic (exact) mass is 444 g/mol.